The summed E-state index contributed by atoms with van der Waals surface area (Å²) in [5, 5.41) is 17.2. The van der Waals surface area contributed by atoms with Crippen molar-refractivity contribution in [1.82, 2.24) is 31.5 Å². The Morgan fingerprint density at radius 1 is 0.973 bits per heavy atom. The van der Waals surface area contributed by atoms with E-state index >= 15 is 0 Å². The fourth-order valence-electron chi connectivity index (χ4n) is 7.04. The molecule has 5 saturated heterocycles. The molecule has 5 aliphatic heterocycles. The molecule has 0 aliphatic carbocycles. The van der Waals surface area contributed by atoms with Gasteiger partial charge in [0.1, 0.15) is 5.50 Å². The third-order valence-corrected chi connectivity index (χ3v) is 11.0. The molecule has 0 aromatic carbocycles. The second-order valence-corrected chi connectivity index (χ2v) is 14.1. The maximum Gasteiger partial charge on any atom is 0.239 e. The van der Waals surface area contributed by atoms with Crippen LogP contribution < -0.4 is 26.6 Å². The van der Waals surface area contributed by atoms with Crippen molar-refractivity contribution in [2.75, 3.05) is 33.3 Å². The van der Waals surface area contributed by atoms with E-state index in [1.807, 2.05) is 4.90 Å². The molecule has 5 rings (SSSR count). The third-order valence-electron chi connectivity index (χ3n) is 8.97. The molecule has 12 atom stereocenters. The van der Waals surface area contributed by atoms with Crippen molar-refractivity contribution in [3.05, 3.63) is 0 Å². The second-order valence-electron chi connectivity index (χ2n) is 11.7. The molecule has 210 valence electrons. The number of ether oxygens (including phenoxy) is 1. The molecule has 5 aliphatic rings. The number of nitrogens with zero attached hydrogens (tertiary/aromatic N) is 1. The molecule has 5 fully saturated rings. The van der Waals surface area contributed by atoms with Crippen LogP contribution in [0.3, 0.4) is 0 Å². The minimum absolute atomic E-state index is 0.0539. The van der Waals surface area contributed by atoms with Crippen LogP contribution in [0.4, 0.5) is 0 Å². The lowest BCUT2D eigenvalue weighted by atomic mass is 9.70. The molecule has 0 radical (unpaired) electrons. The smallest absolute Gasteiger partial charge is 0.239 e. The maximum absolute atomic E-state index is 13.6. The molecule has 5 N–H and O–H groups in total. The van der Waals surface area contributed by atoms with Gasteiger partial charge in [-0.15, -0.1) is 35.0 Å². The van der Waals surface area contributed by atoms with Crippen LogP contribution in [-0.2, 0) is 14.3 Å². The summed E-state index contributed by atoms with van der Waals surface area (Å²) in [6.45, 7) is 7.06. The Morgan fingerprint density at radius 2 is 1.78 bits per heavy atom. The van der Waals surface area contributed by atoms with Crippen LogP contribution in [0.2, 0.25) is 0 Å². The molecule has 9 nitrogen and oxygen atoms in total. The minimum Gasteiger partial charge on any atom is -0.380 e. The van der Waals surface area contributed by atoms with Crippen molar-refractivity contribution in [1.29, 1.82) is 0 Å². The summed E-state index contributed by atoms with van der Waals surface area (Å²) in [6.07, 6.45) is 3.50. The molecule has 12 heteroatoms. The van der Waals surface area contributed by atoms with E-state index < -0.39 is 0 Å². The lowest BCUT2D eigenvalue weighted by Crippen LogP contribution is -2.57. The third kappa shape index (κ3) is 6.37. The van der Waals surface area contributed by atoms with Gasteiger partial charge in [0.05, 0.1) is 29.1 Å². The first-order chi connectivity index (χ1) is 17.7. The van der Waals surface area contributed by atoms with Crippen LogP contribution >= 0.6 is 35.0 Å². The first kappa shape index (κ1) is 28.2. The Balaban J connectivity index is 1.16. The number of hydrogen-bond acceptors (Lipinski definition) is 8. The van der Waals surface area contributed by atoms with Gasteiger partial charge < -0.3 is 20.3 Å². The summed E-state index contributed by atoms with van der Waals surface area (Å²) in [7, 11) is 1.75. The van der Waals surface area contributed by atoms with E-state index in [2.05, 4.69) is 40.4 Å². The number of likely N-dealkylation sites (tertiary alicyclic amines) is 1. The predicted molar refractivity (Wildman–Crippen MR) is 147 cm³/mol. The molecule has 0 spiro atoms. The fourth-order valence-corrected chi connectivity index (χ4v) is 9.20. The number of halogens is 2. The summed E-state index contributed by atoms with van der Waals surface area (Å²) < 4.78 is 5.80. The number of carbonyl (C=O) groups is 2. The number of fused-ring (bicyclic) bond motifs is 1. The van der Waals surface area contributed by atoms with E-state index in [0.717, 1.165) is 25.7 Å². The van der Waals surface area contributed by atoms with Crippen molar-refractivity contribution in [3.8, 4) is 0 Å². The molecule has 5 heterocycles. The van der Waals surface area contributed by atoms with Gasteiger partial charge in [-0.05, 0) is 50.4 Å². The number of rotatable bonds is 5. The molecule has 2 amide bonds. The number of piperidine rings is 3. The van der Waals surface area contributed by atoms with Crippen LogP contribution in [0.25, 0.3) is 0 Å². The van der Waals surface area contributed by atoms with Gasteiger partial charge in [0, 0.05) is 50.6 Å². The van der Waals surface area contributed by atoms with Crippen molar-refractivity contribution in [2.24, 2.45) is 23.7 Å². The van der Waals surface area contributed by atoms with Gasteiger partial charge >= 0.3 is 0 Å². The standard InChI is InChI=1S/C25H42Cl2N6O3S/c1-12-4-17(30-22(27)5-12)24(35)33-10-18-20(11-33)37-25(31-18)32-23(34)16-8-28-13(2)6-14(16)15-7-21(26)29-9-19(15)36-3/h12-22,25,28-31H,4-11H2,1-3H3,(H,32,34). The predicted octanol–water partition coefficient (Wildman–Crippen LogP) is 1.06. The molecule has 12 unspecified atom stereocenters. The van der Waals surface area contributed by atoms with E-state index in [1.54, 1.807) is 18.9 Å². The normalized spacial score (nSPS) is 46.5. The summed E-state index contributed by atoms with van der Waals surface area (Å²) in [4.78, 5) is 28.7. The van der Waals surface area contributed by atoms with Crippen molar-refractivity contribution >= 4 is 46.8 Å². The first-order valence-electron chi connectivity index (χ1n) is 13.8. The molecule has 0 aromatic heterocycles. The van der Waals surface area contributed by atoms with Crippen LogP contribution in [-0.4, -0.2) is 96.0 Å². The minimum atomic E-state index is -0.206. The highest BCUT2D eigenvalue weighted by molar-refractivity contribution is 8.00. The summed E-state index contributed by atoms with van der Waals surface area (Å²) in [6, 6.07) is 0.321. The van der Waals surface area contributed by atoms with Gasteiger partial charge in [-0.3, -0.25) is 25.5 Å². The number of thioether (sulfide) groups is 1. The van der Waals surface area contributed by atoms with E-state index in [9.17, 15) is 9.59 Å². The number of methoxy groups -OCH3 is 1. The van der Waals surface area contributed by atoms with E-state index in [0.29, 0.717) is 38.1 Å². The van der Waals surface area contributed by atoms with E-state index in [-0.39, 0.29) is 69.5 Å². The first-order valence-corrected chi connectivity index (χ1v) is 15.6. The fraction of sp³-hybridized carbons (Fsp3) is 0.920. The number of amides is 2. The van der Waals surface area contributed by atoms with E-state index in [1.165, 1.54) is 0 Å². The molecule has 0 aromatic rings. The Kier molecular flexibility index (Phi) is 9.18. The monoisotopic (exact) mass is 576 g/mol. The molecule has 0 bridgehead atoms. The lowest BCUT2D eigenvalue weighted by molar-refractivity contribution is -0.134. The van der Waals surface area contributed by atoms with Gasteiger partial charge in [-0.1, -0.05) is 6.92 Å². The van der Waals surface area contributed by atoms with Gasteiger partial charge in [0.15, 0.2) is 0 Å². The van der Waals surface area contributed by atoms with Crippen LogP contribution in [0.15, 0.2) is 0 Å². The van der Waals surface area contributed by atoms with Crippen LogP contribution in [0, 0.1) is 23.7 Å². The highest BCUT2D eigenvalue weighted by Crippen LogP contribution is 2.38. The largest absolute Gasteiger partial charge is 0.380 e. The highest BCUT2D eigenvalue weighted by atomic mass is 35.5. The zero-order valence-electron chi connectivity index (χ0n) is 21.9. The van der Waals surface area contributed by atoms with Gasteiger partial charge in [0.25, 0.3) is 0 Å². The topological polar surface area (TPSA) is 107 Å². The van der Waals surface area contributed by atoms with Gasteiger partial charge in [0.2, 0.25) is 11.8 Å². The lowest BCUT2D eigenvalue weighted by Gasteiger charge is -2.45. The van der Waals surface area contributed by atoms with Crippen molar-refractivity contribution in [2.45, 2.75) is 85.5 Å². The quantitative estimate of drug-likeness (QED) is 0.244. The van der Waals surface area contributed by atoms with Gasteiger partial charge in [-0.2, -0.15) is 0 Å². The van der Waals surface area contributed by atoms with Crippen molar-refractivity contribution < 1.29 is 14.3 Å². The van der Waals surface area contributed by atoms with Gasteiger partial charge in [-0.25, -0.2) is 0 Å². The SMILES string of the molecule is COC1CNC(Cl)CC1C1CC(C)NCC1C(=O)NC1NC2CN(C(=O)C3CC(C)CC(Cl)N3)CC2S1. The number of carbonyl (C=O) groups excluding carboxylic acids is 2. The average molecular weight is 578 g/mol. The molecule has 37 heavy (non-hydrogen) atoms. The van der Waals surface area contributed by atoms with Crippen molar-refractivity contribution in [3.63, 3.8) is 0 Å². The maximum atomic E-state index is 13.6. The molecular weight excluding hydrogens is 535 g/mol. The second kappa shape index (κ2) is 12.0. The molecule has 0 saturated carbocycles. The number of alkyl halides is 2. The van der Waals surface area contributed by atoms with Crippen LogP contribution in [0.1, 0.15) is 39.5 Å². The summed E-state index contributed by atoms with van der Waals surface area (Å²) in [5.74, 6) is 0.972. The Bertz CT molecular complexity index is 820. The zero-order valence-corrected chi connectivity index (χ0v) is 24.2. The Morgan fingerprint density at radius 3 is 2.51 bits per heavy atom. The Hall–Kier alpha value is -0.330. The summed E-state index contributed by atoms with van der Waals surface area (Å²) >= 11 is 14.5. The zero-order chi connectivity index (χ0) is 26.3. The average Bonchev–Trinajstić information content (AvgIpc) is 3.41. The highest BCUT2D eigenvalue weighted by Gasteiger charge is 2.47. The van der Waals surface area contributed by atoms with Crippen LogP contribution in [0.5, 0.6) is 0 Å². The number of hydrogen-bond donors (Lipinski definition) is 5. The molecular formula is C25H42Cl2N6O3S. The Labute approximate surface area is 234 Å². The summed E-state index contributed by atoms with van der Waals surface area (Å²) in [5.41, 5.74) is -0.385. The van der Waals surface area contributed by atoms with E-state index in [4.69, 9.17) is 27.9 Å². The number of nitrogens with one attached hydrogen (secondary N) is 5.